The first-order chi connectivity index (χ1) is 10.0. The van der Waals surface area contributed by atoms with E-state index in [1.807, 2.05) is 0 Å². The Labute approximate surface area is 128 Å². The minimum atomic E-state index is 0.267. The van der Waals surface area contributed by atoms with Crippen LogP contribution < -0.4 is 4.74 Å². The SMILES string of the molecule is COc1cc(C)c(CN2CCN(C)[C@H](CCO)C2)cc1C. The van der Waals surface area contributed by atoms with E-state index in [-0.39, 0.29) is 6.61 Å². The van der Waals surface area contributed by atoms with Crippen molar-refractivity contribution in [1.82, 2.24) is 9.80 Å². The summed E-state index contributed by atoms with van der Waals surface area (Å²) in [6, 6.07) is 4.84. The van der Waals surface area contributed by atoms with Crippen LogP contribution in [0.2, 0.25) is 0 Å². The fraction of sp³-hybridized carbons (Fsp3) is 0.647. The van der Waals surface area contributed by atoms with Crippen molar-refractivity contribution < 1.29 is 9.84 Å². The maximum Gasteiger partial charge on any atom is 0.122 e. The molecule has 0 aromatic heterocycles. The van der Waals surface area contributed by atoms with Crippen molar-refractivity contribution in [3.63, 3.8) is 0 Å². The van der Waals surface area contributed by atoms with Crippen molar-refractivity contribution in [2.45, 2.75) is 32.9 Å². The smallest absolute Gasteiger partial charge is 0.122 e. The lowest BCUT2D eigenvalue weighted by atomic mass is 10.0. The van der Waals surface area contributed by atoms with Gasteiger partial charge in [-0.15, -0.1) is 0 Å². The molecular formula is C17H28N2O2. The first kappa shape index (κ1) is 16.3. The Bertz CT molecular complexity index is 476. The molecule has 1 saturated heterocycles. The molecule has 1 heterocycles. The van der Waals surface area contributed by atoms with E-state index in [2.05, 4.69) is 42.8 Å². The van der Waals surface area contributed by atoms with E-state index in [4.69, 9.17) is 4.74 Å². The summed E-state index contributed by atoms with van der Waals surface area (Å²) in [5, 5.41) is 9.19. The number of piperazine rings is 1. The van der Waals surface area contributed by atoms with Gasteiger partial charge in [0.1, 0.15) is 5.75 Å². The van der Waals surface area contributed by atoms with Crippen molar-refractivity contribution in [3.8, 4) is 5.75 Å². The normalized spacial score (nSPS) is 20.7. The van der Waals surface area contributed by atoms with E-state index < -0.39 is 0 Å². The Hall–Kier alpha value is -1.10. The molecule has 1 aliphatic rings. The third kappa shape index (κ3) is 3.96. The molecule has 0 bridgehead atoms. The molecule has 1 aromatic rings. The summed E-state index contributed by atoms with van der Waals surface area (Å²) in [4.78, 5) is 4.85. The molecule has 1 aliphatic heterocycles. The van der Waals surface area contributed by atoms with Gasteiger partial charge in [-0.05, 0) is 50.1 Å². The van der Waals surface area contributed by atoms with Gasteiger partial charge < -0.3 is 14.7 Å². The number of ether oxygens (including phenoxy) is 1. The van der Waals surface area contributed by atoms with Crippen LogP contribution in [0.3, 0.4) is 0 Å². The molecule has 2 rings (SSSR count). The second-order valence-corrected chi connectivity index (χ2v) is 6.13. The number of likely N-dealkylation sites (N-methyl/N-ethyl adjacent to an activating group) is 1. The second kappa shape index (κ2) is 7.25. The molecule has 0 saturated carbocycles. The van der Waals surface area contributed by atoms with E-state index >= 15 is 0 Å². The number of hydrogen-bond acceptors (Lipinski definition) is 4. The van der Waals surface area contributed by atoms with Crippen LogP contribution in [-0.4, -0.2) is 61.3 Å². The minimum Gasteiger partial charge on any atom is -0.496 e. The van der Waals surface area contributed by atoms with Gasteiger partial charge in [-0.1, -0.05) is 6.07 Å². The largest absolute Gasteiger partial charge is 0.496 e. The lowest BCUT2D eigenvalue weighted by Crippen LogP contribution is -2.51. The summed E-state index contributed by atoms with van der Waals surface area (Å²) in [6.07, 6.45) is 0.855. The number of benzene rings is 1. The minimum absolute atomic E-state index is 0.267. The molecule has 21 heavy (non-hydrogen) atoms. The molecule has 4 nitrogen and oxygen atoms in total. The van der Waals surface area contributed by atoms with Gasteiger partial charge in [0.2, 0.25) is 0 Å². The Balaban J connectivity index is 2.06. The number of rotatable bonds is 5. The lowest BCUT2D eigenvalue weighted by Gasteiger charge is -2.39. The van der Waals surface area contributed by atoms with Gasteiger partial charge in [0.25, 0.3) is 0 Å². The van der Waals surface area contributed by atoms with Crippen molar-refractivity contribution in [1.29, 1.82) is 0 Å². The molecule has 0 aliphatic carbocycles. The fourth-order valence-corrected chi connectivity index (χ4v) is 3.10. The quantitative estimate of drug-likeness (QED) is 0.898. The lowest BCUT2D eigenvalue weighted by molar-refractivity contribution is 0.0742. The standard InChI is InChI=1S/C17H28N2O2/c1-13-10-17(21-4)14(2)9-15(13)11-19-7-6-18(3)16(12-19)5-8-20/h9-10,16,20H,5-8,11-12H2,1-4H3/t16-/m1/s1. The van der Waals surface area contributed by atoms with Gasteiger partial charge in [-0.2, -0.15) is 0 Å². The third-order valence-corrected chi connectivity index (χ3v) is 4.57. The van der Waals surface area contributed by atoms with Crippen LogP contribution in [0.1, 0.15) is 23.1 Å². The van der Waals surface area contributed by atoms with Crippen LogP contribution >= 0.6 is 0 Å². The van der Waals surface area contributed by atoms with Crippen LogP contribution in [0, 0.1) is 13.8 Å². The van der Waals surface area contributed by atoms with Gasteiger partial charge in [0, 0.05) is 38.8 Å². The molecule has 1 atom stereocenters. The Morgan fingerprint density at radius 1 is 1.24 bits per heavy atom. The molecule has 0 spiro atoms. The average Bonchev–Trinajstić information content (AvgIpc) is 2.46. The molecule has 1 aromatic carbocycles. The van der Waals surface area contributed by atoms with Crippen LogP contribution in [0.15, 0.2) is 12.1 Å². The van der Waals surface area contributed by atoms with E-state index in [1.54, 1.807) is 7.11 Å². The number of hydrogen-bond donors (Lipinski definition) is 1. The molecule has 1 N–H and O–H groups in total. The van der Waals surface area contributed by atoms with E-state index in [9.17, 15) is 5.11 Å². The van der Waals surface area contributed by atoms with Gasteiger partial charge >= 0.3 is 0 Å². The van der Waals surface area contributed by atoms with E-state index in [0.29, 0.717) is 6.04 Å². The van der Waals surface area contributed by atoms with Gasteiger partial charge in [-0.3, -0.25) is 4.90 Å². The van der Waals surface area contributed by atoms with Gasteiger partial charge in [0.15, 0.2) is 0 Å². The highest BCUT2D eigenvalue weighted by Crippen LogP contribution is 2.24. The molecule has 0 unspecified atom stereocenters. The highest BCUT2D eigenvalue weighted by Gasteiger charge is 2.24. The number of aliphatic hydroxyl groups is 1. The summed E-state index contributed by atoms with van der Waals surface area (Å²) >= 11 is 0. The predicted molar refractivity (Wildman–Crippen MR) is 85.9 cm³/mol. The van der Waals surface area contributed by atoms with Crippen LogP contribution in [0.25, 0.3) is 0 Å². The maximum atomic E-state index is 9.19. The zero-order chi connectivity index (χ0) is 15.4. The number of aliphatic hydroxyl groups excluding tert-OH is 1. The molecule has 4 heteroatoms. The summed E-state index contributed by atoms with van der Waals surface area (Å²) in [5.41, 5.74) is 3.86. The van der Waals surface area contributed by atoms with E-state index in [1.165, 1.54) is 16.7 Å². The molecule has 1 fully saturated rings. The second-order valence-electron chi connectivity index (χ2n) is 6.13. The summed E-state index contributed by atoms with van der Waals surface area (Å²) in [7, 11) is 3.88. The number of aryl methyl sites for hydroxylation is 2. The molecule has 0 radical (unpaired) electrons. The maximum absolute atomic E-state index is 9.19. The van der Waals surface area contributed by atoms with Crippen molar-refractivity contribution >= 4 is 0 Å². The number of methoxy groups -OCH3 is 1. The molecule has 0 amide bonds. The monoisotopic (exact) mass is 292 g/mol. The zero-order valence-electron chi connectivity index (χ0n) is 13.7. The number of nitrogens with zero attached hydrogens (tertiary/aromatic N) is 2. The van der Waals surface area contributed by atoms with Gasteiger partial charge in [-0.25, -0.2) is 0 Å². The predicted octanol–water partition coefficient (Wildman–Crippen LogP) is 1.81. The fourth-order valence-electron chi connectivity index (χ4n) is 3.10. The Morgan fingerprint density at radius 2 is 2.00 bits per heavy atom. The Morgan fingerprint density at radius 3 is 2.67 bits per heavy atom. The zero-order valence-corrected chi connectivity index (χ0v) is 13.7. The van der Waals surface area contributed by atoms with Crippen molar-refractivity contribution in [3.05, 3.63) is 28.8 Å². The highest BCUT2D eigenvalue weighted by atomic mass is 16.5. The summed E-state index contributed by atoms with van der Waals surface area (Å²) in [6.45, 7) is 8.68. The van der Waals surface area contributed by atoms with Crippen LogP contribution in [0.4, 0.5) is 0 Å². The van der Waals surface area contributed by atoms with Gasteiger partial charge in [0.05, 0.1) is 7.11 Å². The first-order valence-corrected chi connectivity index (χ1v) is 7.72. The van der Waals surface area contributed by atoms with Crippen LogP contribution in [0.5, 0.6) is 5.75 Å². The molecular weight excluding hydrogens is 264 g/mol. The van der Waals surface area contributed by atoms with Crippen molar-refractivity contribution in [2.24, 2.45) is 0 Å². The highest BCUT2D eigenvalue weighted by molar-refractivity contribution is 5.41. The van der Waals surface area contributed by atoms with Crippen LogP contribution in [-0.2, 0) is 6.54 Å². The summed E-state index contributed by atoms with van der Waals surface area (Å²) in [5.74, 6) is 0.966. The summed E-state index contributed by atoms with van der Waals surface area (Å²) < 4.78 is 5.39. The van der Waals surface area contributed by atoms with Crippen molar-refractivity contribution in [2.75, 3.05) is 40.4 Å². The average molecular weight is 292 g/mol. The Kier molecular flexibility index (Phi) is 5.62. The molecule has 118 valence electrons. The first-order valence-electron chi connectivity index (χ1n) is 7.72. The topological polar surface area (TPSA) is 35.9 Å². The van der Waals surface area contributed by atoms with E-state index in [0.717, 1.165) is 38.3 Å². The third-order valence-electron chi connectivity index (χ3n) is 4.57.